The fourth-order valence-corrected chi connectivity index (χ4v) is 3.98. The second-order valence-electron chi connectivity index (χ2n) is 7.72. The number of nitrogens with one attached hydrogen (secondary N) is 3. The Morgan fingerprint density at radius 2 is 2.11 bits per heavy atom. The van der Waals surface area contributed by atoms with Crippen molar-refractivity contribution >= 4 is 16.9 Å². The van der Waals surface area contributed by atoms with Crippen LogP contribution in [0, 0.1) is 12.8 Å². The summed E-state index contributed by atoms with van der Waals surface area (Å²) in [5.41, 5.74) is 3.89. The SMILES string of the molecule is CN=C(NCCc1c[nH]c2c(C)cccc12)NCC1CCN(CCOC)CC1. The molecular formula is C22H35N5O. The number of rotatable bonds is 8. The molecule has 2 heterocycles. The molecule has 0 bridgehead atoms. The number of aryl methyl sites for hydroxylation is 1. The maximum Gasteiger partial charge on any atom is 0.190 e. The van der Waals surface area contributed by atoms with E-state index in [4.69, 9.17) is 4.74 Å². The molecule has 0 amide bonds. The van der Waals surface area contributed by atoms with Crippen LogP contribution in [0.5, 0.6) is 0 Å². The van der Waals surface area contributed by atoms with Gasteiger partial charge in [0.15, 0.2) is 5.96 Å². The van der Waals surface area contributed by atoms with Crippen molar-refractivity contribution in [3.63, 3.8) is 0 Å². The number of aromatic amines is 1. The Balaban J connectivity index is 1.39. The Bertz CT molecular complexity index is 761. The zero-order valence-corrected chi connectivity index (χ0v) is 17.6. The molecule has 1 aliphatic heterocycles. The van der Waals surface area contributed by atoms with Crippen molar-refractivity contribution in [3.05, 3.63) is 35.5 Å². The molecular weight excluding hydrogens is 350 g/mol. The van der Waals surface area contributed by atoms with Gasteiger partial charge in [0.1, 0.15) is 0 Å². The Labute approximate surface area is 168 Å². The number of aromatic nitrogens is 1. The fraction of sp³-hybridized carbons (Fsp3) is 0.591. The first-order valence-electron chi connectivity index (χ1n) is 10.4. The molecule has 1 saturated heterocycles. The molecule has 2 aromatic rings. The highest BCUT2D eigenvalue weighted by atomic mass is 16.5. The molecule has 0 saturated carbocycles. The van der Waals surface area contributed by atoms with Crippen LogP contribution in [0.4, 0.5) is 0 Å². The highest BCUT2D eigenvalue weighted by Gasteiger charge is 2.19. The van der Waals surface area contributed by atoms with Gasteiger partial charge in [0.25, 0.3) is 0 Å². The first-order valence-corrected chi connectivity index (χ1v) is 10.4. The Morgan fingerprint density at radius 3 is 2.86 bits per heavy atom. The number of H-pyrrole nitrogens is 1. The van der Waals surface area contributed by atoms with Crippen LogP contribution in [0.1, 0.15) is 24.0 Å². The van der Waals surface area contributed by atoms with Crippen LogP contribution >= 0.6 is 0 Å². The zero-order chi connectivity index (χ0) is 19.8. The number of likely N-dealkylation sites (tertiary alicyclic amines) is 1. The monoisotopic (exact) mass is 385 g/mol. The van der Waals surface area contributed by atoms with E-state index in [0.29, 0.717) is 5.92 Å². The predicted molar refractivity (Wildman–Crippen MR) is 117 cm³/mol. The average Bonchev–Trinajstić information content (AvgIpc) is 3.14. The maximum atomic E-state index is 5.18. The lowest BCUT2D eigenvalue weighted by atomic mass is 9.97. The van der Waals surface area contributed by atoms with Gasteiger partial charge in [-0.05, 0) is 56.3 Å². The molecule has 1 aromatic heterocycles. The van der Waals surface area contributed by atoms with E-state index in [-0.39, 0.29) is 0 Å². The van der Waals surface area contributed by atoms with Crippen LogP contribution in [0.2, 0.25) is 0 Å². The number of aliphatic imine (C=N–C) groups is 1. The Kier molecular flexibility index (Phi) is 7.74. The topological polar surface area (TPSA) is 64.7 Å². The smallest absolute Gasteiger partial charge is 0.190 e. The second kappa shape index (κ2) is 10.5. The third kappa shape index (κ3) is 5.49. The van der Waals surface area contributed by atoms with Crippen molar-refractivity contribution in [2.75, 3.05) is 53.5 Å². The summed E-state index contributed by atoms with van der Waals surface area (Å²) < 4.78 is 5.18. The summed E-state index contributed by atoms with van der Waals surface area (Å²) in [5.74, 6) is 1.62. The summed E-state index contributed by atoms with van der Waals surface area (Å²) in [4.78, 5) is 10.3. The summed E-state index contributed by atoms with van der Waals surface area (Å²) in [6.07, 6.45) is 5.58. The van der Waals surface area contributed by atoms with Crippen molar-refractivity contribution in [1.82, 2.24) is 20.5 Å². The number of hydrogen-bond acceptors (Lipinski definition) is 3. The molecule has 1 aromatic carbocycles. The minimum absolute atomic E-state index is 0.717. The van der Waals surface area contributed by atoms with Gasteiger partial charge in [0, 0.05) is 50.9 Å². The van der Waals surface area contributed by atoms with E-state index in [1.54, 1.807) is 7.11 Å². The van der Waals surface area contributed by atoms with Crippen molar-refractivity contribution in [2.24, 2.45) is 10.9 Å². The minimum Gasteiger partial charge on any atom is -0.383 e. The van der Waals surface area contributed by atoms with Crippen molar-refractivity contribution < 1.29 is 4.74 Å². The van der Waals surface area contributed by atoms with Gasteiger partial charge in [-0.3, -0.25) is 4.99 Å². The summed E-state index contributed by atoms with van der Waals surface area (Å²) in [5, 5.41) is 8.30. The number of fused-ring (bicyclic) bond motifs is 1. The molecule has 154 valence electrons. The number of para-hydroxylation sites is 1. The fourth-order valence-electron chi connectivity index (χ4n) is 3.98. The van der Waals surface area contributed by atoms with Gasteiger partial charge >= 0.3 is 0 Å². The second-order valence-corrected chi connectivity index (χ2v) is 7.72. The van der Waals surface area contributed by atoms with Crippen LogP contribution < -0.4 is 10.6 Å². The standard InChI is InChI=1S/C22H35N5O/c1-17-5-4-6-20-19(16-25-21(17)20)7-10-24-22(23-2)26-15-18-8-11-27(12-9-18)13-14-28-3/h4-6,16,18,25H,7-15H2,1-3H3,(H2,23,24,26). The molecule has 1 fully saturated rings. The largest absolute Gasteiger partial charge is 0.383 e. The first-order chi connectivity index (χ1) is 13.7. The van der Waals surface area contributed by atoms with Gasteiger partial charge in [-0.15, -0.1) is 0 Å². The number of nitrogens with zero attached hydrogens (tertiary/aromatic N) is 2. The zero-order valence-electron chi connectivity index (χ0n) is 17.6. The number of hydrogen-bond donors (Lipinski definition) is 3. The molecule has 0 radical (unpaired) electrons. The first kappa shape index (κ1) is 20.7. The molecule has 0 atom stereocenters. The lowest BCUT2D eigenvalue weighted by molar-refractivity contribution is 0.121. The van der Waals surface area contributed by atoms with E-state index >= 15 is 0 Å². The van der Waals surface area contributed by atoms with E-state index in [9.17, 15) is 0 Å². The van der Waals surface area contributed by atoms with E-state index in [2.05, 4.69) is 56.8 Å². The van der Waals surface area contributed by atoms with Gasteiger partial charge in [0.2, 0.25) is 0 Å². The van der Waals surface area contributed by atoms with Crippen LogP contribution in [0.25, 0.3) is 10.9 Å². The molecule has 3 N–H and O–H groups in total. The van der Waals surface area contributed by atoms with Crippen molar-refractivity contribution in [1.29, 1.82) is 0 Å². The Hall–Kier alpha value is -2.05. The summed E-state index contributed by atoms with van der Waals surface area (Å²) >= 11 is 0. The minimum atomic E-state index is 0.717. The quantitative estimate of drug-likeness (QED) is 0.483. The van der Waals surface area contributed by atoms with Crippen LogP contribution in [-0.2, 0) is 11.2 Å². The summed E-state index contributed by atoms with van der Waals surface area (Å²) in [6, 6.07) is 6.47. The van der Waals surface area contributed by atoms with Gasteiger partial charge in [-0.1, -0.05) is 18.2 Å². The van der Waals surface area contributed by atoms with Crippen molar-refractivity contribution in [2.45, 2.75) is 26.2 Å². The molecule has 28 heavy (non-hydrogen) atoms. The number of piperidine rings is 1. The maximum absolute atomic E-state index is 5.18. The van der Waals surface area contributed by atoms with Gasteiger partial charge in [-0.2, -0.15) is 0 Å². The van der Waals surface area contributed by atoms with E-state index < -0.39 is 0 Å². The third-order valence-corrected chi connectivity index (χ3v) is 5.80. The van der Waals surface area contributed by atoms with Gasteiger partial charge in [-0.25, -0.2) is 0 Å². The number of ether oxygens (including phenoxy) is 1. The lowest BCUT2D eigenvalue weighted by Crippen LogP contribution is -2.43. The molecule has 0 spiro atoms. The highest BCUT2D eigenvalue weighted by Crippen LogP contribution is 2.21. The molecule has 6 nitrogen and oxygen atoms in total. The summed E-state index contributed by atoms with van der Waals surface area (Å²) in [6.45, 7) is 8.22. The van der Waals surface area contributed by atoms with Crippen LogP contribution in [0.3, 0.4) is 0 Å². The van der Waals surface area contributed by atoms with E-state index in [0.717, 1.165) is 38.6 Å². The van der Waals surface area contributed by atoms with E-state index in [1.807, 2.05) is 7.05 Å². The normalized spacial score (nSPS) is 16.6. The third-order valence-electron chi connectivity index (χ3n) is 5.80. The lowest BCUT2D eigenvalue weighted by Gasteiger charge is -2.32. The average molecular weight is 386 g/mol. The molecule has 3 rings (SSSR count). The summed E-state index contributed by atoms with van der Waals surface area (Å²) in [7, 11) is 3.62. The number of benzene rings is 1. The van der Waals surface area contributed by atoms with Crippen molar-refractivity contribution in [3.8, 4) is 0 Å². The highest BCUT2D eigenvalue weighted by molar-refractivity contribution is 5.86. The molecule has 0 unspecified atom stereocenters. The number of methoxy groups -OCH3 is 1. The van der Waals surface area contributed by atoms with Gasteiger partial charge < -0.3 is 25.3 Å². The Morgan fingerprint density at radius 1 is 1.29 bits per heavy atom. The van der Waals surface area contributed by atoms with E-state index in [1.165, 1.54) is 48.0 Å². The van der Waals surface area contributed by atoms with Gasteiger partial charge in [0.05, 0.1) is 6.61 Å². The van der Waals surface area contributed by atoms with Crippen LogP contribution in [-0.4, -0.2) is 69.3 Å². The predicted octanol–water partition coefficient (Wildman–Crippen LogP) is 2.54. The number of guanidine groups is 1. The molecule has 1 aliphatic rings. The van der Waals surface area contributed by atoms with Crippen LogP contribution in [0.15, 0.2) is 29.4 Å². The molecule has 0 aliphatic carbocycles. The molecule has 6 heteroatoms.